The lowest BCUT2D eigenvalue weighted by atomic mass is 9.88. The molecule has 0 unspecified atom stereocenters. The first-order valence-corrected chi connectivity index (χ1v) is 7.96. The van der Waals surface area contributed by atoms with Gasteiger partial charge in [0.2, 0.25) is 0 Å². The van der Waals surface area contributed by atoms with E-state index >= 15 is 0 Å². The molecule has 1 saturated heterocycles. The van der Waals surface area contributed by atoms with Crippen molar-refractivity contribution >= 4 is 11.7 Å². The minimum Gasteiger partial charge on any atom is -0.388 e. The normalized spacial score (nSPS) is 23.3. The van der Waals surface area contributed by atoms with Gasteiger partial charge in [-0.25, -0.2) is 15.0 Å². The van der Waals surface area contributed by atoms with Gasteiger partial charge in [0.05, 0.1) is 6.20 Å². The Hall–Kier alpha value is -2.65. The number of amides is 1. The first-order chi connectivity index (χ1) is 12.0. The third-order valence-corrected chi connectivity index (χ3v) is 4.29. The number of hydrogen-bond donors (Lipinski definition) is 3. The summed E-state index contributed by atoms with van der Waals surface area (Å²) in [5, 5.41) is 23.7. The number of anilines is 1. The highest BCUT2D eigenvalue weighted by molar-refractivity contribution is 5.91. The summed E-state index contributed by atoms with van der Waals surface area (Å²) in [5.74, 6) is 0.264. The fourth-order valence-corrected chi connectivity index (χ4v) is 2.73. The van der Waals surface area contributed by atoms with Gasteiger partial charge < -0.3 is 20.4 Å². The van der Waals surface area contributed by atoms with Crippen LogP contribution in [0.2, 0.25) is 0 Å². The molecule has 0 spiro atoms. The molecule has 1 aliphatic rings. The lowest BCUT2D eigenvalue weighted by Crippen LogP contribution is -2.60. The molecule has 3 heterocycles. The SMILES string of the molecule is Cc1cc(N2CC[C@@](O)(CNC(=O)c3cnccn3)[C@H](O)C2)ncn1. The summed E-state index contributed by atoms with van der Waals surface area (Å²) >= 11 is 0. The highest BCUT2D eigenvalue weighted by Gasteiger charge is 2.41. The smallest absolute Gasteiger partial charge is 0.271 e. The maximum absolute atomic E-state index is 12.0. The summed E-state index contributed by atoms with van der Waals surface area (Å²) in [6, 6.07) is 1.83. The number of aliphatic hydroxyl groups is 2. The summed E-state index contributed by atoms with van der Waals surface area (Å²) in [6.45, 7) is 2.52. The maximum Gasteiger partial charge on any atom is 0.271 e. The molecule has 25 heavy (non-hydrogen) atoms. The lowest BCUT2D eigenvalue weighted by Gasteiger charge is -2.42. The summed E-state index contributed by atoms with van der Waals surface area (Å²) in [5.41, 5.74) is -0.415. The zero-order chi connectivity index (χ0) is 17.9. The number of hydrogen-bond acceptors (Lipinski definition) is 8. The average molecular weight is 344 g/mol. The number of β-amino-alcohol motifs (C(OH)–C–C–N with tert-alkyl or cyclic N) is 1. The summed E-state index contributed by atoms with van der Waals surface area (Å²) in [7, 11) is 0. The molecule has 9 heteroatoms. The summed E-state index contributed by atoms with van der Waals surface area (Å²) in [6.07, 6.45) is 4.96. The third-order valence-electron chi connectivity index (χ3n) is 4.29. The predicted octanol–water partition coefficient (Wildman–Crippen LogP) is -0.693. The van der Waals surface area contributed by atoms with E-state index in [4.69, 9.17) is 0 Å². The van der Waals surface area contributed by atoms with Crippen LogP contribution in [0.5, 0.6) is 0 Å². The molecule has 1 fully saturated rings. The zero-order valence-corrected chi connectivity index (χ0v) is 13.8. The molecule has 0 aromatic carbocycles. The first kappa shape index (κ1) is 17.2. The van der Waals surface area contributed by atoms with Crippen molar-refractivity contribution in [3.8, 4) is 0 Å². The van der Waals surface area contributed by atoms with E-state index in [-0.39, 0.29) is 25.2 Å². The molecule has 1 aliphatic heterocycles. The maximum atomic E-state index is 12.0. The van der Waals surface area contributed by atoms with Gasteiger partial charge in [-0.2, -0.15) is 0 Å². The zero-order valence-electron chi connectivity index (χ0n) is 13.8. The topological polar surface area (TPSA) is 124 Å². The summed E-state index contributed by atoms with van der Waals surface area (Å²) in [4.78, 5) is 29.9. The molecule has 0 radical (unpaired) electrons. The lowest BCUT2D eigenvalue weighted by molar-refractivity contribution is -0.0825. The van der Waals surface area contributed by atoms with Gasteiger partial charge in [0.1, 0.15) is 29.5 Å². The van der Waals surface area contributed by atoms with Gasteiger partial charge in [-0.15, -0.1) is 0 Å². The molecular formula is C16H20N6O3. The number of carbonyl (C=O) groups is 1. The van der Waals surface area contributed by atoms with Crippen molar-refractivity contribution in [2.24, 2.45) is 0 Å². The Labute approximate surface area is 144 Å². The Morgan fingerprint density at radius 3 is 2.92 bits per heavy atom. The van der Waals surface area contributed by atoms with Crippen LogP contribution in [0.3, 0.4) is 0 Å². The standard InChI is InChI=1S/C16H20N6O3/c1-11-6-14(21-10-20-11)22-5-2-16(25,13(23)8-22)9-19-15(24)12-7-17-3-4-18-12/h3-4,6-7,10,13,23,25H,2,5,8-9H2,1H3,(H,19,24)/t13-,16-/m1/s1. The molecule has 0 saturated carbocycles. The van der Waals surface area contributed by atoms with E-state index < -0.39 is 17.6 Å². The van der Waals surface area contributed by atoms with Crippen LogP contribution in [0.4, 0.5) is 5.82 Å². The van der Waals surface area contributed by atoms with Crippen molar-refractivity contribution in [1.29, 1.82) is 0 Å². The number of nitrogens with one attached hydrogen (secondary N) is 1. The van der Waals surface area contributed by atoms with Crippen LogP contribution < -0.4 is 10.2 Å². The monoisotopic (exact) mass is 344 g/mol. The number of piperidine rings is 1. The Balaban J connectivity index is 1.61. The van der Waals surface area contributed by atoms with Gasteiger partial charge in [0, 0.05) is 43.8 Å². The second-order valence-electron chi connectivity index (χ2n) is 6.11. The fourth-order valence-electron chi connectivity index (χ4n) is 2.73. The van der Waals surface area contributed by atoms with E-state index in [1.165, 1.54) is 24.9 Å². The van der Waals surface area contributed by atoms with Crippen molar-refractivity contribution in [3.05, 3.63) is 42.4 Å². The molecule has 132 valence electrons. The molecule has 1 amide bonds. The molecule has 2 aromatic rings. The average Bonchev–Trinajstić information content (AvgIpc) is 2.63. The van der Waals surface area contributed by atoms with Gasteiger partial charge in [0.25, 0.3) is 5.91 Å². The Morgan fingerprint density at radius 2 is 2.24 bits per heavy atom. The van der Waals surface area contributed by atoms with Crippen molar-refractivity contribution in [2.75, 3.05) is 24.5 Å². The van der Waals surface area contributed by atoms with E-state index in [1.807, 2.05) is 17.9 Å². The minimum atomic E-state index is -1.41. The molecular weight excluding hydrogens is 324 g/mol. The highest BCUT2D eigenvalue weighted by Crippen LogP contribution is 2.25. The Morgan fingerprint density at radius 1 is 1.40 bits per heavy atom. The van der Waals surface area contributed by atoms with E-state index in [1.54, 1.807) is 0 Å². The van der Waals surface area contributed by atoms with Gasteiger partial charge >= 0.3 is 0 Å². The van der Waals surface area contributed by atoms with E-state index in [0.717, 1.165) is 5.69 Å². The van der Waals surface area contributed by atoms with Crippen LogP contribution in [0.25, 0.3) is 0 Å². The molecule has 3 rings (SSSR count). The van der Waals surface area contributed by atoms with Crippen molar-refractivity contribution in [1.82, 2.24) is 25.3 Å². The van der Waals surface area contributed by atoms with Crippen LogP contribution in [0.1, 0.15) is 22.6 Å². The number of aliphatic hydroxyl groups excluding tert-OH is 1. The minimum absolute atomic E-state index is 0.0692. The van der Waals surface area contributed by atoms with Gasteiger partial charge in [-0.05, 0) is 13.3 Å². The molecule has 0 aliphatic carbocycles. The van der Waals surface area contributed by atoms with Gasteiger partial charge in [-0.1, -0.05) is 0 Å². The van der Waals surface area contributed by atoms with Crippen LogP contribution in [0.15, 0.2) is 31.0 Å². The predicted molar refractivity (Wildman–Crippen MR) is 88.9 cm³/mol. The first-order valence-electron chi connectivity index (χ1n) is 7.96. The van der Waals surface area contributed by atoms with Crippen molar-refractivity contribution in [2.45, 2.75) is 25.0 Å². The molecule has 0 bridgehead atoms. The van der Waals surface area contributed by atoms with Crippen LogP contribution in [-0.2, 0) is 0 Å². The van der Waals surface area contributed by atoms with E-state index in [0.29, 0.717) is 12.4 Å². The molecule has 2 aromatic heterocycles. The second-order valence-corrected chi connectivity index (χ2v) is 6.11. The van der Waals surface area contributed by atoms with Gasteiger partial charge in [0.15, 0.2) is 0 Å². The number of aryl methyl sites for hydroxylation is 1. The largest absolute Gasteiger partial charge is 0.388 e. The van der Waals surface area contributed by atoms with Crippen LogP contribution >= 0.6 is 0 Å². The molecule has 9 nitrogen and oxygen atoms in total. The summed E-state index contributed by atoms with van der Waals surface area (Å²) < 4.78 is 0. The third kappa shape index (κ3) is 3.89. The van der Waals surface area contributed by atoms with E-state index in [9.17, 15) is 15.0 Å². The van der Waals surface area contributed by atoms with E-state index in [2.05, 4.69) is 25.3 Å². The number of carbonyl (C=O) groups excluding carboxylic acids is 1. The number of aromatic nitrogens is 4. The highest BCUT2D eigenvalue weighted by atomic mass is 16.3. The number of nitrogens with zero attached hydrogens (tertiary/aromatic N) is 5. The van der Waals surface area contributed by atoms with Crippen molar-refractivity contribution in [3.63, 3.8) is 0 Å². The molecule has 3 N–H and O–H groups in total. The quantitative estimate of drug-likeness (QED) is 0.665. The van der Waals surface area contributed by atoms with Crippen LogP contribution in [0, 0.1) is 6.92 Å². The fraction of sp³-hybridized carbons (Fsp3) is 0.438. The van der Waals surface area contributed by atoms with Crippen molar-refractivity contribution < 1.29 is 15.0 Å². The second kappa shape index (κ2) is 7.08. The molecule has 2 atom stereocenters. The van der Waals surface area contributed by atoms with Gasteiger partial charge in [-0.3, -0.25) is 9.78 Å². The Bertz CT molecular complexity index is 744. The van der Waals surface area contributed by atoms with Crippen LogP contribution in [-0.4, -0.2) is 67.4 Å². The Kier molecular flexibility index (Phi) is 4.86. The number of rotatable bonds is 4.